The number of carbonyl (C=O) groups is 2. The summed E-state index contributed by atoms with van der Waals surface area (Å²) in [5, 5.41) is 21.4. The van der Waals surface area contributed by atoms with Gasteiger partial charge in [-0.15, -0.1) is 0 Å². The van der Waals surface area contributed by atoms with Gasteiger partial charge in [0.05, 0.1) is 18.2 Å². The standard InChI is InChI=1S/C31H33NO5/c1-7-37-25-15-11-21(17-24(25)31(4,5)6)28(34)26-27(20-9-13-23(33)14-10-20)32(30(36)29(26)35)22-12-8-18(2)19(3)16-22/h8-17,27,33-34H,7H2,1-6H3/b28-26-. The molecule has 1 aliphatic rings. The number of aliphatic hydroxyl groups excluding tert-OH is 1. The minimum Gasteiger partial charge on any atom is -0.508 e. The van der Waals surface area contributed by atoms with E-state index in [9.17, 15) is 19.8 Å². The van der Waals surface area contributed by atoms with Crippen molar-refractivity contribution in [1.29, 1.82) is 0 Å². The second-order valence-corrected chi connectivity index (χ2v) is 10.4. The minimum absolute atomic E-state index is 0.00191. The molecule has 0 spiro atoms. The van der Waals surface area contributed by atoms with Crippen LogP contribution in [-0.2, 0) is 15.0 Å². The highest BCUT2D eigenvalue weighted by molar-refractivity contribution is 6.51. The number of aliphatic hydroxyl groups is 1. The van der Waals surface area contributed by atoms with Crippen LogP contribution in [0.5, 0.6) is 11.5 Å². The average molecular weight is 500 g/mol. The Morgan fingerprint density at radius 1 is 0.946 bits per heavy atom. The van der Waals surface area contributed by atoms with Gasteiger partial charge in [0.2, 0.25) is 0 Å². The summed E-state index contributed by atoms with van der Waals surface area (Å²) < 4.78 is 5.81. The molecular weight excluding hydrogens is 466 g/mol. The molecule has 6 nitrogen and oxygen atoms in total. The van der Waals surface area contributed by atoms with E-state index in [1.54, 1.807) is 30.3 Å². The molecule has 2 N–H and O–H groups in total. The van der Waals surface area contributed by atoms with Crippen molar-refractivity contribution in [3.8, 4) is 11.5 Å². The van der Waals surface area contributed by atoms with E-state index in [-0.39, 0.29) is 22.5 Å². The van der Waals surface area contributed by atoms with E-state index in [4.69, 9.17) is 4.74 Å². The van der Waals surface area contributed by atoms with Gasteiger partial charge in [0.15, 0.2) is 0 Å². The van der Waals surface area contributed by atoms with Crippen LogP contribution in [0.4, 0.5) is 5.69 Å². The fourth-order valence-electron chi connectivity index (χ4n) is 4.65. The SMILES string of the molecule is CCOc1ccc(/C(O)=C2/C(=O)C(=O)N(c3ccc(C)c(C)c3)C2c2ccc(O)cc2)cc1C(C)(C)C. The quantitative estimate of drug-likeness (QED) is 0.243. The highest BCUT2D eigenvalue weighted by Crippen LogP contribution is 2.43. The molecule has 1 amide bonds. The Balaban J connectivity index is 1.95. The smallest absolute Gasteiger partial charge is 0.300 e. The number of phenols is 1. The fourth-order valence-corrected chi connectivity index (χ4v) is 4.65. The number of aryl methyl sites for hydroxylation is 2. The Hall–Kier alpha value is -4.06. The summed E-state index contributed by atoms with van der Waals surface area (Å²) in [6.45, 7) is 12.5. The molecule has 192 valence electrons. The molecule has 1 fully saturated rings. The van der Waals surface area contributed by atoms with Gasteiger partial charge in [-0.25, -0.2) is 0 Å². The molecule has 0 radical (unpaired) electrons. The van der Waals surface area contributed by atoms with Gasteiger partial charge in [-0.1, -0.05) is 39.0 Å². The molecule has 0 saturated carbocycles. The maximum absolute atomic E-state index is 13.5. The van der Waals surface area contributed by atoms with E-state index < -0.39 is 17.7 Å². The Morgan fingerprint density at radius 2 is 1.62 bits per heavy atom. The number of hydrogen-bond acceptors (Lipinski definition) is 5. The topological polar surface area (TPSA) is 87.1 Å². The number of carbonyl (C=O) groups excluding carboxylic acids is 2. The zero-order valence-electron chi connectivity index (χ0n) is 22.1. The summed E-state index contributed by atoms with van der Waals surface area (Å²) in [7, 11) is 0. The zero-order chi connectivity index (χ0) is 27.1. The average Bonchev–Trinajstić information content (AvgIpc) is 3.11. The monoisotopic (exact) mass is 499 g/mol. The van der Waals surface area contributed by atoms with Crippen molar-refractivity contribution in [3.63, 3.8) is 0 Å². The predicted octanol–water partition coefficient (Wildman–Crippen LogP) is 6.33. The lowest BCUT2D eigenvalue weighted by Crippen LogP contribution is -2.29. The molecule has 6 heteroatoms. The molecule has 1 heterocycles. The Morgan fingerprint density at radius 3 is 2.22 bits per heavy atom. The zero-order valence-corrected chi connectivity index (χ0v) is 22.1. The van der Waals surface area contributed by atoms with Crippen molar-refractivity contribution < 1.29 is 24.5 Å². The third kappa shape index (κ3) is 4.84. The number of hydrogen-bond donors (Lipinski definition) is 2. The molecule has 4 rings (SSSR count). The lowest BCUT2D eigenvalue weighted by molar-refractivity contribution is -0.132. The maximum atomic E-state index is 13.5. The first-order valence-electron chi connectivity index (χ1n) is 12.4. The molecule has 0 aliphatic carbocycles. The van der Waals surface area contributed by atoms with Crippen LogP contribution in [0.25, 0.3) is 5.76 Å². The number of amides is 1. The van der Waals surface area contributed by atoms with Gasteiger partial charge in [-0.3, -0.25) is 14.5 Å². The van der Waals surface area contributed by atoms with Gasteiger partial charge >= 0.3 is 0 Å². The van der Waals surface area contributed by atoms with Crippen molar-refractivity contribution in [2.45, 2.75) is 53.0 Å². The molecular formula is C31H33NO5. The normalized spacial score (nSPS) is 17.4. The summed E-state index contributed by atoms with van der Waals surface area (Å²) >= 11 is 0. The first-order chi connectivity index (χ1) is 17.4. The second-order valence-electron chi connectivity index (χ2n) is 10.4. The van der Waals surface area contributed by atoms with Crippen molar-refractivity contribution in [1.82, 2.24) is 0 Å². The van der Waals surface area contributed by atoms with Crippen molar-refractivity contribution >= 4 is 23.1 Å². The van der Waals surface area contributed by atoms with Crippen LogP contribution in [0, 0.1) is 13.8 Å². The number of anilines is 1. The second kappa shape index (κ2) is 9.77. The summed E-state index contributed by atoms with van der Waals surface area (Å²) in [5.74, 6) is -0.966. The summed E-state index contributed by atoms with van der Waals surface area (Å²) in [6, 6.07) is 16.3. The van der Waals surface area contributed by atoms with Gasteiger partial charge in [0.25, 0.3) is 11.7 Å². The van der Waals surface area contributed by atoms with Crippen molar-refractivity contribution in [2.24, 2.45) is 0 Å². The number of aromatic hydroxyl groups is 1. The molecule has 3 aromatic rings. The third-order valence-corrected chi connectivity index (χ3v) is 6.78. The Bertz CT molecular complexity index is 1400. The lowest BCUT2D eigenvalue weighted by Gasteiger charge is -2.26. The van der Waals surface area contributed by atoms with Gasteiger partial charge in [0.1, 0.15) is 17.3 Å². The molecule has 0 aromatic heterocycles. The van der Waals surface area contributed by atoms with Gasteiger partial charge in [0, 0.05) is 16.8 Å². The van der Waals surface area contributed by atoms with E-state index in [0.29, 0.717) is 29.2 Å². The summed E-state index contributed by atoms with van der Waals surface area (Å²) in [4.78, 5) is 28.3. The number of ether oxygens (including phenoxy) is 1. The van der Waals surface area contributed by atoms with Gasteiger partial charge in [-0.05, 0) is 85.3 Å². The minimum atomic E-state index is -0.868. The van der Waals surface area contributed by atoms with Crippen LogP contribution in [-0.4, -0.2) is 28.5 Å². The number of Topliss-reactive ketones (excluding diaryl/α,β-unsaturated/α-hetero) is 1. The first kappa shape index (κ1) is 26.0. The predicted molar refractivity (Wildman–Crippen MR) is 145 cm³/mol. The highest BCUT2D eigenvalue weighted by Gasteiger charge is 2.47. The Kier molecular flexibility index (Phi) is 6.87. The van der Waals surface area contributed by atoms with E-state index in [2.05, 4.69) is 0 Å². The van der Waals surface area contributed by atoms with E-state index in [1.165, 1.54) is 17.0 Å². The Labute approximate surface area is 217 Å². The molecule has 1 saturated heterocycles. The summed E-state index contributed by atoms with van der Waals surface area (Å²) in [6.07, 6.45) is 0. The highest BCUT2D eigenvalue weighted by atomic mass is 16.5. The number of rotatable bonds is 5. The van der Waals surface area contributed by atoms with Crippen LogP contribution in [0.1, 0.15) is 61.6 Å². The van der Waals surface area contributed by atoms with Crippen molar-refractivity contribution in [2.75, 3.05) is 11.5 Å². The van der Waals surface area contributed by atoms with Crippen LogP contribution in [0.3, 0.4) is 0 Å². The van der Waals surface area contributed by atoms with Crippen molar-refractivity contribution in [3.05, 3.63) is 94.1 Å². The number of ketones is 1. The largest absolute Gasteiger partial charge is 0.508 e. The summed E-state index contributed by atoms with van der Waals surface area (Å²) in [5.41, 5.74) is 4.21. The lowest BCUT2D eigenvalue weighted by atomic mass is 9.84. The van der Waals surface area contributed by atoms with Crippen LogP contribution in [0.2, 0.25) is 0 Å². The number of nitrogens with zero attached hydrogens (tertiary/aromatic N) is 1. The number of phenolic OH excluding ortho intramolecular Hbond substituents is 1. The molecule has 1 atom stereocenters. The maximum Gasteiger partial charge on any atom is 0.300 e. The molecule has 1 aliphatic heterocycles. The molecule has 1 unspecified atom stereocenters. The van der Waals surface area contributed by atoms with E-state index in [1.807, 2.05) is 59.7 Å². The molecule has 37 heavy (non-hydrogen) atoms. The molecule has 0 bridgehead atoms. The molecule has 3 aromatic carbocycles. The van der Waals surface area contributed by atoms with Crippen LogP contribution >= 0.6 is 0 Å². The first-order valence-corrected chi connectivity index (χ1v) is 12.4. The van der Waals surface area contributed by atoms with Crippen LogP contribution in [0.15, 0.2) is 66.2 Å². The van der Waals surface area contributed by atoms with E-state index >= 15 is 0 Å². The third-order valence-electron chi connectivity index (χ3n) is 6.78. The number of benzene rings is 3. The fraction of sp³-hybridized carbons (Fsp3) is 0.290. The van der Waals surface area contributed by atoms with Gasteiger partial charge in [-0.2, -0.15) is 0 Å². The van der Waals surface area contributed by atoms with E-state index in [0.717, 1.165) is 16.7 Å². The van der Waals surface area contributed by atoms with Crippen LogP contribution < -0.4 is 9.64 Å². The van der Waals surface area contributed by atoms with Gasteiger partial charge < -0.3 is 14.9 Å².